The van der Waals surface area contributed by atoms with E-state index >= 15 is 0 Å². The van der Waals surface area contributed by atoms with Crippen LogP contribution < -0.4 is 0 Å². The lowest BCUT2D eigenvalue weighted by atomic mass is 9.94. The SMILES string of the molecule is CC1(C)S[C@@H]2C(=CC(=O)Cc3ccccc3)C(=O)N2[C@H]1C(=O)O. The number of ketones is 1. The number of thioether (sulfide) groups is 1. The Morgan fingerprint density at radius 1 is 1.30 bits per heavy atom. The highest BCUT2D eigenvalue weighted by molar-refractivity contribution is 8.01. The van der Waals surface area contributed by atoms with Crippen molar-refractivity contribution in [2.24, 2.45) is 0 Å². The van der Waals surface area contributed by atoms with Gasteiger partial charge in [0.05, 0.1) is 5.57 Å². The van der Waals surface area contributed by atoms with Crippen LogP contribution in [0.4, 0.5) is 0 Å². The summed E-state index contributed by atoms with van der Waals surface area (Å²) in [6.07, 6.45) is 1.62. The van der Waals surface area contributed by atoms with E-state index in [4.69, 9.17) is 0 Å². The van der Waals surface area contributed by atoms with Crippen LogP contribution in [0.3, 0.4) is 0 Å². The predicted octanol–water partition coefficient (Wildman–Crippen LogP) is 1.87. The molecule has 2 heterocycles. The second-order valence-electron chi connectivity index (χ2n) is 6.26. The first-order valence-electron chi connectivity index (χ1n) is 7.33. The van der Waals surface area contributed by atoms with E-state index in [1.807, 2.05) is 44.2 Å². The number of carboxylic acid groups (broad SMARTS) is 1. The number of amides is 1. The molecule has 2 fully saturated rings. The topological polar surface area (TPSA) is 74.7 Å². The van der Waals surface area contributed by atoms with Gasteiger partial charge in [0.15, 0.2) is 5.78 Å². The lowest BCUT2D eigenvalue weighted by Gasteiger charge is -2.38. The van der Waals surface area contributed by atoms with Crippen LogP contribution in [0.25, 0.3) is 0 Å². The molecule has 0 aromatic heterocycles. The molecule has 23 heavy (non-hydrogen) atoms. The smallest absolute Gasteiger partial charge is 0.327 e. The number of nitrogens with zero attached hydrogens (tertiary/aromatic N) is 1. The Morgan fingerprint density at radius 3 is 2.57 bits per heavy atom. The van der Waals surface area contributed by atoms with Gasteiger partial charge >= 0.3 is 5.97 Å². The number of fused-ring (bicyclic) bond motifs is 1. The van der Waals surface area contributed by atoms with Crippen LogP contribution in [0.1, 0.15) is 19.4 Å². The third-order valence-electron chi connectivity index (χ3n) is 4.12. The van der Waals surface area contributed by atoms with Crippen molar-refractivity contribution in [3.63, 3.8) is 0 Å². The van der Waals surface area contributed by atoms with Crippen molar-refractivity contribution in [1.29, 1.82) is 0 Å². The molecule has 0 aliphatic carbocycles. The molecule has 2 atom stereocenters. The highest BCUT2D eigenvalue weighted by Crippen LogP contribution is 2.52. The summed E-state index contributed by atoms with van der Waals surface area (Å²) in [7, 11) is 0. The third kappa shape index (κ3) is 2.67. The molecule has 0 spiro atoms. The van der Waals surface area contributed by atoms with Crippen molar-refractivity contribution in [3.8, 4) is 0 Å². The van der Waals surface area contributed by atoms with E-state index in [2.05, 4.69) is 0 Å². The molecule has 2 saturated heterocycles. The quantitative estimate of drug-likeness (QED) is 0.673. The Hall–Kier alpha value is -2.08. The van der Waals surface area contributed by atoms with Crippen LogP contribution in [0.2, 0.25) is 0 Å². The lowest BCUT2D eigenvalue weighted by molar-refractivity contribution is -0.152. The van der Waals surface area contributed by atoms with Crippen molar-refractivity contribution in [1.82, 2.24) is 4.90 Å². The largest absolute Gasteiger partial charge is 0.480 e. The molecule has 0 radical (unpaired) electrons. The van der Waals surface area contributed by atoms with Gasteiger partial charge in [0.1, 0.15) is 11.4 Å². The summed E-state index contributed by atoms with van der Waals surface area (Å²) < 4.78 is -0.579. The molecule has 6 heteroatoms. The van der Waals surface area contributed by atoms with E-state index in [-0.39, 0.29) is 23.5 Å². The van der Waals surface area contributed by atoms with E-state index in [1.165, 1.54) is 22.7 Å². The number of rotatable bonds is 4. The molecule has 1 aromatic carbocycles. The van der Waals surface area contributed by atoms with Gasteiger partial charge in [0, 0.05) is 11.2 Å². The standard InChI is InChI=1S/C17H17NO4S/c1-17(2)13(16(21)22)18-14(20)12(15(18)23-17)9-11(19)8-10-6-4-3-5-7-10/h3-7,9,13,15H,8H2,1-2H3,(H,21,22)/t13-,15+/m0/s1. The number of hydrogen-bond donors (Lipinski definition) is 1. The van der Waals surface area contributed by atoms with Crippen LogP contribution in [-0.4, -0.2) is 43.8 Å². The number of carbonyl (C=O) groups excluding carboxylic acids is 2. The molecular formula is C17H17NO4S. The van der Waals surface area contributed by atoms with Gasteiger partial charge in [-0.05, 0) is 25.5 Å². The Kier molecular flexibility index (Phi) is 3.80. The number of aliphatic carboxylic acids is 1. The number of hydrogen-bond acceptors (Lipinski definition) is 4. The summed E-state index contributed by atoms with van der Waals surface area (Å²) >= 11 is 1.42. The van der Waals surface area contributed by atoms with Crippen LogP contribution in [0.5, 0.6) is 0 Å². The van der Waals surface area contributed by atoms with Crippen LogP contribution >= 0.6 is 11.8 Å². The van der Waals surface area contributed by atoms with Gasteiger partial charge < -0.3 is 10.0 Å². The van der Waals surface area contributed by atoms with E-state index in [1.54, 1.807) is 0 Å². The Labute approximate surface area is 138 Å². The molecule has 0 unspecified atom stereocenters. The zero-order chi connectivity index (χ0) is 16.8. The average molecular weight is 331 g/mol. The van der Waals surface area contributed by atoms with E-state index in [0.29, 0.717) is 5.57 Å². The fourth-order valence-electron chi connectivity index (χ4n) is 3.08. The number of β-lactam (4-membered cyclic amide) rings is 1. The number of carbonyl (C=O) groups is 3. The van der Waals surface area contributed by atoms with E-state index in [9.17, 15) is 19.5 Å². The van der Waals surface area contributed by atoms with Crippen LogP contribution in [0.15, 0.2) is 42.0 Å². The second kappa shape index (κ2) is 5.53. The minimum Gasteiger partial charge on any atom is -0.480 e. The Morgan fingerprint density at radius 2 is 1.96 bits per heavy atom. The molecular weight excluding hydrogens is 314 g/mol. The fraction of sp³-hybridized carbons (Fsp3) is 0.353. The molecule has 0 saturated carbocycles. The lowest BCUT2D eigenvalue weighted by Crippen LogP contribution is -2.58. The highest BCUT2D eigenvalue weighted by atomic mass is 32.2. The van der Waals surface area contributed by atoms with Gasteiger partial charge in [-0.15, -0.1) is 11.8 Å². The molecule has 5 nitrogen and oxygen atoms in total. The third-order valence-corrected chi connectivity index (χ3v) is 5.66. The maximum Gasteiger partial charge on any atom is 0.327 e. The fourth-order valence-corrected chi connectivity index (χ4v) is 4.62. The molecule has 0 bridgehead atoms. The Balaban J connectivity index is 1.77. The molecule has 1 aromatic rings. The van der Waals surface area contributed by atoms with Crippen LogP contribution in [0, 0.1) is 0 Å². The highest BCUT2D eigenvalue weighted by Gasteiger charge is 2.61. The van der Waals surface area contributed by atoms with Crippen molar-refractivity contribution in [3.05, 3.63) is 47.5 Å². The molecule has 1 N–H and O–H groups in total. The molecule has 3 rings (SSSR count). The van der Waals surface area contributed by atoms with Gasteiger partial charge in [0.2, 0.25) is 0 Å². The summed E-state index contributed by atoms with van der Waals surface area (Å²) in [4.78, 5) is 37.2. The normalized spacial score (nSPS) is 26.8. The van der Waals surface area contributed by atoms with E-state index < -0.39 is 16.8 Å². The van der Waals surface area contributed by atoms with Gasteiger partial charge in [-0.3, -0.25) is 9.59 Å². The summed E-state index contributed by atoms with van der Waals surface area (Å²) in [5.41, 5.74) is 1.30. The summed E-state index contributed by atoms with van der Waals surface area (Å²) in [5, 5.41) is 9.02. The molecule has 120 valence electrons. The minimum atomic E-state index is -1.01. The minimum absolute atomic E-state index is 0.142. The van der Waals surface area contributed by atoms with Crippen molar-refractivity contribution in [2.45, 2.75) is 36.4 Å². The van der Waals surface area contributed by atoms with Crippen molar-refractivity contribution in [2.75, 3.05) is 0 Å². The molecule has 1 amide bonds. The van der Waals surface area contributed by atoms with E-state index in [0.717, 1.165) is 5.56 Å². The number of allylic oxidation sites excluding steroid dienone is 1. The zero-order valence-corrected chi connectivity index (χ0v) is 13.7. The van der Waals surface area contributed by atoms with Gasteiger partial charge in [-0.2, -0.15) is 0 Å². The first kappa shape index (κ1) is 15.8. The number of carboxylic acids is 1. The summed E-state index contributed by atoms with van der Waals surface area (Å²) in [6, 6.07) is 8.46. The Bertz CT molecular complexity index is 711. The monoisotopic (exact) mass is 331 g/mol. The first-order chi connectivity index (χ1) is 10.8. The van der Waals surface area contributed by atoms with Crippen molar-refractivity contribution >= 4 is 29.4 Å². The van der Waals surface area contributed by atoms with Crippen LogP contribution in [-0.2, 0) is 20.8 Å². The molecule has 2 aliphatic rings. The maximum atomic E-state index is 12.3. The van der Waals surface area contributed by atoms with Gasteiger partial charge in [0.25, 0.3) is 5.91 Å². The molecule has 2 aliphatic heterocycles. The maximum absolute atomic E-state index is 12.3. The average Bonchev–Trinajstić information content (AvgIpc) is 2.74. The van der Waals surface area contributed by atoms with Crippen molar-refractivity contribution < 1.29 is 19.5 Å². The number of benzene rings is 1. The summed E-state index contributed by atoms with van der Waals surface area (Å²) in [6.45, 7) is 3.62. The second-order valence-corrected chi connectivity index (χ2v) is 7.99. The van der Waals surface area contributed by atoms with Gasteiger partial charge in [-0.25, -0.2) is 4.79 Å². The predicted molar refractivity (Wildman–Crippen MR) is 87.0 cm³/mol. The van der Waals surface area contributed by atoms with Gasteiger partial charge in [-0.1, -0.05) is 30.3 Å². The first-order valence-corrected chi connectivity index (χ1v) is 8.21. The summed E-state index contributed by atoms with van der Waals surface area (Å²) in [5.74, 6) is -1.49. The zero-order valence-electron chi connectivity index (χ0n) is 12.9.